The van der Waals surface area contributed by atoms with Crippen LogP contribution < -0.4 is 0 Å². The Kier molecular flexibility index (Phi) is 64.3. The molecule has 0 N–H and O–H groups in total. The second-order valence-electron chi connectivity index (χ2n) is 22.4. The van der Waals surface area contributed by atoms with Gasteiger partial charge in [0.25, 0.3) is 0 Å². The summed E-state index contributed by atoms with van der Waals surface area (Å²) in [6.07, 6.45) is 92.6. The summed E-state index contributed by atoms with van der Waals surface area (Å²) in [4.78, 5) is 38.3. The molecule has 1 unspecified atom stereocenters. The molecule has 0 heterocycles. The maximum Gasteiger partial charge on any atom is 0.306 e. The van der Waals surface area contributed by atoms with E-state index in [4.69, 9.17) is 14.2 Å². The third kappa shape index (κ3) is 64.9. The van der Waals surface area contributed by atoms with Gasteiger partial charge in [0.2, 0.25) is 0 Å². The summed E-state index contributed by atoms with van der Waals surface area (Å²) in [5.41, 5.74) is 0. The Balaban J connectivity index is 4.31. The Bertz CT molecular complexity index is 1610. The Morgan fingerprint density at radius 1 is 0.263 bits per heavy atom. The SMILES string of the molecule is CC/C=C\C/C=C\C/C=C\C/C=C\C/C=C\C/C=C\C/C=C\C/C=C\CCCCC(=O)OCC(COC(=O)CCCCCCCCCCCC)OC(=O)CCCCCCCCCCCCCCC/C=C\CCCCCCCCCC. The number of hydrogen-bond acceptors (Lipinski definition) is 6. The fourth-order valence-corrected chi connectivity index (χ4v) is 9.45. The lowest BCUT2D eigenvalue weighted by molar-refractivity contribution is -0.167. The van der Waals surface area contributed by atoms with Crippen LogP contribution in [-0.2, 0) is 28.6 Å². The third-order valence-electron chi connectivity index (χ3n) is 14.5. The molecule has 0 saturated carbocycles. The number of rotatable bonds is 61. The molecule has 6 nitrogen and oxygen atoms in total. The molecule has 0 amide bonds. The van der Waals surface area contributed by atoms with Gasteiger partial charge in [0.05, 0.1) is 0 Å². The normalized spacial score (nSPS) is 12.8. The number of ether oxygens (including phenoxy) is 3. The predicted molar refractivity (Wildman–Crippen MR) is 348 cm³/mol. The molecule has 0 aromatic carbocycles. The summed E-state index contributed by atoms with van der Waals surface area (Å²) in [6.45, 7) is 6.50. The fraction of sp³-hybridized carbons (Fsp3) is 0.716. The van der Waals surface area contributed by atoms with Crippen molar-refractivity contribution in [1.82, 2.24) is 0 Å². The maximum atomic E-state index is 12.9. The molecule has 6 heteroatoms. The molecular formula is C74H126O6. The van der Waals surface area contributed by atoms with E-state index < -0.39 is 6.10 Å². The first-order chi connectivity index (χ1) is 39.5. The van der Waals surface area contributed by atoms with Gasteiger partial charge >= 0.3 is 17.9 Å². The van der Waals surface area contributed by atoms with E-state index in [9.17, 15) is 14.4 Å². The standard InChI is InChI=1S/C74H126O6/c1-4-7-10-13-16-19-22-24-26-28-30-32-34-36-37-39-40-42-44-46-48-50-52-55-58-61-64-67-73(76)79-70-71(69-78-72(75)66-63-60-57-54-21-18-15-12-9-6-3)80-74(77)68-65-62-59-56-53-51-49-47-45-43-41-38-35-33-31-29-27-25-23-20-17-14-11-8-5-2/h7,10,16,19,24,26,29-32,36-37,40,42,46,48,52,55,71H,4-6,8-9,11-15,17-18,20-23,25,27-28,33-35,38-39,41,43-45,47,49-51,53-54,56-70H2,1-3H3/b10-7-,19-16-,26-24-,31-29-,32-30-,37-36-,42-40-,48-46-,55-52-. The monoisotopic (exact) mass is 1110 g/mol. The molecule has 0 aliphatic heterocycles. The lowest BCUT2D eigenvalue weighted by Crippen LogP contribution is -2.30. The van der Waals surface area contributed by atoms with E-state index in [1.54, 1.807) is 0 Å². The number of carbonyl (C=O) groups is 3. The van der Waals surface area contributed by atoms with E-state index in [0.29, 0.717) is 19.3 Å². The molecule has 0 saturated heterocycles. The van der Waals surface area contributed by atoms with Crippen molar-refractivity contribution in [1.29, 1.82) is 0 Å². The average molecular weight is 1110 g/mol. The zero-order chi connectivity index (χ0) is 57.8. The van der Waals surface area contributed by atoms with E-state index >= 15 is 0 Å². The van der Waals surface area contributed by atoms with Crippen molar-refractivity contribution in [3.63, 3.8) is 0 Å². The lowest BCUT2D eigenvalue weighted by atomic mass is 10.0. The van der Waals surface area contributed by atoms with Crippen LogP contribution in [0.4, 0.5) is 0 Å². The van der Waals surface area contributed by atoms with Gasteiger partial charge < -0.3 is 14.2 Å². The molecule has 0 rings (SSSR count). The second-order valence-corrected chi connectivity index (χ2v) is 22.4. The number of esters is 3. The Morgan fingerprint density at radius 2 is 0.487 bits per heavy atom. The molecule has 0 radical (unpaired) electrons. The first kappa shape index (κ1) is 76.1. The van der Waals surface area contributed by atoms with Crippen LogP contribution in [0, 0.1) is 0 Å². The molecule has 1 atom stereocenters. The van der Waals surface area contributed by atoms with Crippen molar-refractivity contribution < 1.29 is 28.6 Å². The van der Waals surface area contributed by atoms with Crippen molar-refractivity contribution in [2.45, 2.75) is 329 Å². The molecule has 0 spiro atoms. The van der Waals surface area contributed by atoms with Gasteiger partial charge in [-0.1, -0.05) is 304 Å². The summed E-state index contributed by atoms with van der Waals surface area (Å²) in [5.74, 6) is -0.928. The summed E-state index contributed by atoms with van der Waals surface area (Å²) in [6, 6.07) is 0. The van der Waals surface area contributed by atoms with E-state index in [1.807, 2.05) is 0 Å². The van der Waals surface area contributed by atoms with Crippen LogP contribution >= 0.6 is 0 Å². The number of unbranched alkanes of at least 4 members (excludes halogenated alkanes) is 32. The molecule has 0 aromatic heterocycles. The van der Waals surface area contributed by atoms with Crippen LogP contribution in [-0.4, -0.2) is 37.2 Å². The Labute approximate surface area is 495 Å². The van der Waals surface area contributed by atoms with Crippen molar-refractivity contribution in [2.75, 3.05) is 13.2 Å². The maximum absolute atomic E-state index is 12.9. The Hall–Kier alpha value is -3.93. The van der Waals surface area contributed by atoms with Gasteiger partial charge in [-0.25, -0.2) is 0 Å². The minimum absolute atomic E-state index is 0.0900. The van der Waals surface area contributed by atoms with E-state index in [0.717, 1.165) is 109 Å². The number of carbonyl (C=O) groups excluding carboxylic acids is 3. The smallest absolute Gasteiger partial charge is 0.306 e. The average Bonchev–Trinajstić information content (AvgIpc) is 3.46. The molecule has 80 heavy (non-hydrogen) atoms. The fourth-order valence-electron chi connectivity index (χ4n) is 9.45. The molecular weight excluding hydrogens is 985 g/mol. The first-order valence-electron chi connectivity index (χ1n) is 33.9. The molecule has 458 valence electrons. The third-order valence-corrected chi connectivity index (χ3v) is 14.5. The van der Waals surface area contributed by atoms with Crippen molar-refractivity contribution >= 4 is 17.9 Å². The van der Waals surface area contributed by atoms with E-state index in [2.05, 4.69) is 130 Å². The summed E-state index contributed by atoms with van der Waals surface area (Å²) >= 11 is 0. The van der Waals surface area contributed by atoms with Crippen LogP contribution in [0.5, 0.6) is 0 Å². The molecule has 0 bridgehead atoms. The largest absolute Gasteiger partial charge is 0.462 e. The van der Waals surface area contributed by atoms with Crippen LogP contribution in [0.25, 0.3) is 0 Å². The van der Waals surface area contributed by atoms with Crippen LogP contribution in [0.1, 0.15) is 323 Å². The summed E-state index contributed by atoms with van der Waals surface area (Å²) < 4.78 is 16.9. The second kappa shape index (κ2) is 67.6. The van der Waals surface area contributed by atoms with Gasteiger partial charge in [-0.2, -0.15) is 0 Å². The van der Waals surface area contributed by atoms with Gasteiger partial charge in [-0.15, -0.1) is 0 Å². The van der Waals surface area contributed by atoms with E-state index in [1.165, 1.54) is 173 Å². The van der Waals surface area contributed by atoms with Crippen molar-refractivity contribution in [2.24, 2.45) is 0 Å². The first-order valence-corrected chi connectivity index (χ1v) is 33.9. The molecule has 0 aromatic rings. The van der Waals surface area contributed by atoms with Crippen LogP contribution in [0.3, 0.4) is 0 Å². The quantitative estimate of drug-likeness (QED) is 0.0261. The summed E-state index contributed by atoms with van der Waals surface area (Å²) in [7, 11) is 0. The molecule has 0 aliphatic rings. The van der Waals surface area contributed by atoms with Crippen LogP contribution in [0.2, 0.25) is 0 Å². The highest BCUT2D eigenvalue weighted by Gasteiger charge is 2.19. The number of hydrogen-bond donors (Lipinski definition) is 0. The topological polar surface area (TPSA) is 78.9 Å². The van der Waals surface area contributed by atoms with Gasteiger partial charge in [0.1, 0.15) is 13.2 Å². The van der Waals surface area contributed by atoms with Crippen LogP contribution in [0.15, 0.2) is 109 Å². The zero-order valence-corrected chi connectivity index (χ0v) is 52.6. The van der Waals surface area contributed by atoms with Gasteiger partial charge in [0.15, 0.2) is 6.10 Å². The lowest BCUT2D eigenvalue weighted by Gasteiger charge is -2.18. The number of allylic oxidation sites excluding steroid dienone is 18. The summed E-state index contributed by atoms with van der Waals surface area (Å²) in [5, 5.41) is 0. The minimum Gasteiger partial charge on any atom is -0.462 e. The van der Waals surface area contributed by atoms with Gasteiger partial charge in [-0.3, -0.25) is 14.4 Å². The highest BCUT2D eigenvalue weighted by molar-refractivity contribution is 5.71. The highest BCUT2D eigenvalue weighted by atomic mass is 16.6. The molecule has 0 fully saturated rings. The highest BCUT2D eigenvalue weighted by Crippen LogP contribution is 2.16. The van der Waals surface area contributed by atoms with Crippen molar-refractivity contribution in [3.8, 4) is 0 Å². The van der Waals surface area contributed by atoms with Crippen molar-refractivity contribution in [3.05, 3.63) is 109 Å². The molecule has 0 aliphatic carbocycles. The van der Waals surface area contributed by atoms with Gasteiger partial charge in [0, 0.05) is 19.3 Å². The van der Waals surface area contributed by atoms with Gasteiger partial charge in [-0.05, 0) is 109 Å². The minimum atomic E-state index is -0.796. The van der Waals surface area contributed by atoms with E-state index in [-0.39, 0.29) is 31.1 Å². The zero-order valence-electron chi connectivity index (χ0n) is 52.6. The predicted octanol–water partition coefficient (Wildman–Crippen LogP) is 23.4. The Morgan fingerprint density at radius 3 is 0.800 bits per heavy atom.